The van der Waals surface area contributed by atoms with Crippen molar-refractivity contribution in [2.75, 3.05) is 23.3 Å². The Kier molecular flexibility index (Phi) is 6.19. The van der Waals surface area contributed by atoms with Crippen LogP contribution in [0.2, 0.25) is 0 Å². The van der Waals surface area contributed by atoms with E-state index in [1.807, 2.05) is 17.9 Å². The third-order valence-corrected chi connectivity index (χ3v) is 5.12. The molecule has 0 bridgehead atoms. The number of alkyl halides is 3. The van der Waals surface area contributed by atoms with Crippen LogP contribution in [0.15, 0.2) is 55.0 Å². The number of aryl methyl sites for hydroxylation is 1. The minimum atomic E-state index is -4.79. The topological polar surface area (TPSA) is 87.6 Å². The first-order valence-corrected chi connectivity index (χ1v) is 10.2. The number of amides is 1. The first-order chi connectivity index (χ1) is 15.7. The van der Waals surface area contributed by atoms with E-state index in [4.69, 9.17) is 0 Å². The van der Waals surface area contributed by atoms with Crippen molar-refractivity contribution >= 4 is 17.4 Å². The highest BCUT2D eigenvalue weighted by Crippen LogP contribution is 2.32. The highest BCUT2D eigenvalue weighted by atomic mass is 19.4. The van der Waals surface area contributed by atoms with E-state index < -0.39 is 18.4 Å². The molecule has 0 saturated carbocycles. The lowest BCUT2D eigenvalue weighted by Gasteiger charge is -2.21. The smallest absolute Gasteiger partial charge is 0.406 e. The number of anilines is 2. The van der Waals surface area contributed by atoms with Crippen LogP contribution in [0.5, 0.6) is 5.75 Å². The summed E-state index contributed by atoms with van der Waals surface area (Å²) in [6.07, 6.45) is 0.236. The van der Waals surface area contributed by atoms with Crippen LogP contribution < -0.4 is 15.0 Å². The summed E-state index contributed by atoms with van der Waals surface area (Å²) in [6.45, 7) is 2.99. The molecule has 1 fully saturated rings. The van der Waals surface area contributed by atoms with Gasteiger partial charge in [-0.25, -0.2) is 4.98 Å². The van der Waals surface area contributed by atoms with Crippen molar-refractivity contribution in [3.63, 3.8) is 0 Å². The van der Waals surface area contributed by atoms with Gasteiger partial charge in [-0.1, -0.05) is 0 Å². The van der Waals surface area contributed by atoms with Gasteiger partial charge in [0.15, 0.2) is 0 Å². The third kappa shape index (κ3) is 5.58. The maximum absolute atomic E-state index is 12.8. The first kappa shape index (κ1) is 22.5. The molecule has 1 saturated heterocycles. The van der Waals surface area contributed by atoms with Crippen LogP contribution in [0.3, 0.4) is 0 Å². The predicted octanol–water partition coefficient (Wildman–Crippen LogP) is 4.17. The van der Waals surface area contributed by atoms with E-state index in [-0.39, 0.29) is 11.3 Å². The Morgan fingerprint density at radius 3 is 2.58 bits per heavy atom. The molecular weight excluding hydrogens is 437 g/mol. The number of aliphatic hydroxyl groups is 1. The number of benzene rings is 1. The van der Waals surface area contributed by atoms with E-state index in [2.05, 4.69) is 20.0 Å². The van der Waals surface area contributed by atoms with E-state index in [0.29, 0.717) is 36.6 Å². The Hall–Kier alpha value is -3.66. The molecule has 1 aliphatic rings. The molecule has 2 aromatic heterocycles. The zero-order chi connectivity index (χ0) is 23.6. The molecule has 1 aromatic carbocycles. The van der Waals surface area contributed by atoms with Crippen molar-refractivity contribution in [1.29, 1.82) is 0 Å². The number of halogens is 3. The highest BCUT2D eigenvalue weighted by molar-refractivity contribution is 6.05. The van der Waals surface area contributed by atoms with E-state index in [0.717, 1.165) is 23.3 Å². The molecule has 1 aliphatic heterocycles. The van der Waals surface area contributed by atoms with E-state index in [1.54, 1.807) is 18.5 Å². The molecule has 0 radical (unpaired) electrons. The molecule has 0 aliphatic carbocycles. The Balaban J connectivity index is 1.60. The number of hydrogen-bond acceptors (Lipinski definition) is 6. The Morgan fingerprint density at radius 2 is 1.94 bits per heavy atom. The lowest BCUT2D eigenvalue weighted by Crippen LogP contribution is -2.23. The van der Waals surface area contributed by atoms with Gasteiger partial charge in [-0.2, -0.15) is 0 Å². The number of hydrogen-bond donors (Lipinski definition) is 2. The summed E-state index contributed by atoms with van der Waals surface area (Å²) in [5.41, 5.74) is 2.99. The Labute approximate surface area is 187 Å². The number of carbonyl (C=O) groups is 1. The SMILES string of the molecule is Cc1cncc(-c2cc(C(=O)Nc3ccc(OC(F)(F)F)cc3)cnc2N2CC[C@@H](O)C2)c1. The second kappa shape index (κ2) is 9.07. The summed E-state index contributed by atoms with van der Waals surface area (Å²) in [5.74, 6) is -0.209. The number of pyridine rings is 2. The molecule has 0 unspecified atom stereocenters. The number of rotatable bonds is 5. The summed E-state index contributed by atoms with van der Waals surface area (Å²) in [4.78, 5) is 23.5. The number of carbonyl (C=O) groups excluding carboxylic acids is 1. The number of ether oxygens (including phenoxy) is 1. The molecule has 1 amide bonds. The van der Waals surface area contributed by atoms with Crippen molar-refractivity contribution in [2.45, 2.75) is 25.8 Å². The van der Waals surface area contributed by atoms with Gasteiger partial charge in [-0.15, -0.1) is 13.2 Å². The number of nitrogens with zero attached hydrogens (tertiary/aromatic N) is 3. The van der Waals surface area contributed by atoms with E-state index >= 15 is 0 Å². The fraction of sp³-hybridized carbons (Fsp3) is 0.261. The van der Waals surface area contributed by atoms with Crippen molar-refractivity contribution < 1.29 is 27.8 Å². The monoisotopic (exact) mass is 458 g/mol. The molecule has 4 rings (SSSR count). The van der Waals surface area contributed by atoms with Gasteiger partial charge in [-0.05, 0) is 55.3 Å². The van der Waals surface area contributed by atoms with Gasteiger partial charge in [-0.3, -0.25) is 9.78 Å². The molecule has 3 heterocycles. The first-order valence-electron chi connectivity index (χ1n) is 10.2. The summed E-state index contributed by atoms with van der Waals surface area (Å²) in [6, 6.07) is 8.50. The second-order valence-corrected chi connectivity index (χ2v) is 7.76. The number of aliphatic hydroxyl groups excluding tert-OH is 1. The maximum Gasteiger partial charge on any atom is 0.573 e. The molecule has 33 heavy (non-hydrogen) atoms. The van der Waals surface area contributed by atoms with Gasteiger partial charge < -0.3 is 20.1 Å². The summed E-state index contributed by atoms with van der Waals surface area (Å²) in [5, 5.41) is 12.6. The fourth-order valence-corrected chi connectivity index (χ4v) is 3.63. The quantitative estimate of drug-likeness (QED) is 0.597. The Bertz CT molecular complexity index is 1150. The van der Waals surface area contributed by atoms with E-state index in [1.165, 1.54) is 18.3 Å². The largest absolute Gasteiger partial charge is 0.573 e. The van der Waals surface area contributed by atoms with Crippen LogP contribution in [0.1, 0.15) is 22.3 Å². The molecule has 0 spiro atoms. The molecule has 172 valence electrons. The van der Waals surface area contributed by atoms with Gasteiger partial charge in [0, 0.05) is 48.5 Å². The summed E-state index contributed by atoms with van der Waals surface area (Å²) < 4.78 is 40.8. The van der Waals surface area contributed by atoms with Crippen molar-refractivity contribution in [1.82, 2.24) is 9.97 Å². The van der Waals surface area contributed by atoms with Crippen molar-refractivity contribution in [2.24, 2.45) is 0 Å². The predicted molar refractivity (Wildman–Crippen MR) is 116 cm³/mol. The highest BCUT2D eigenvalue weighted by Gasteiger charge is 2.31. The average molecular weight is 458 g/mol. The summed E-state index contributed by atoms with van der Waals surface area (Å²) >= 11 is 0. The van der Waals surface area contributed by atoms with E-state index in [9.17, 15) is 23.1 Å². The molecule has 1 atom stereocenters. The molecule has 10 heteroatoms. The normalized spacial score (nSPS) is 16.0. The van der Waals surface area contributed by atoms with Crippen LogP contribution in [0.4, 0.5) is 24.7 Å². The van der Waals surface area contributed by atoms with Gasteiger partial charge in [0.1, 0.15) is 11.6 Å². The van der Waals surface area contributed by atoms with Crippen LogP contribution in [-0.2, 0) is 0 Å². The molecule has 2 N–H and O–H groups in total. The minimum absolute atomic E-state index is 0.269. The van der Waals surface area contributed by atoms with Crippen LogP contribution in [-0.4, -0.2) is 46.5 Å². The number of β-amino-alcohol motifs (C(OH)–C–C–N with tert-alkyl or cyclic N) is 1. The fourth-order valence-electron chi connectivity index (χ4n) is 3.63. The standard InChI is InChI=1S/C23H21F3N4O3/c1-14-8-15(11-27-10-14)20-9-16(12-28-21(20)30-7-6-18(31)13-30)22(32)29-17-2-4-19(5-3-17)33-23(24,25)26/h2-5,8-12,18,31H,6-7,13H2,1H3,(H,29,32)/t18-/m1/s1. The van der Waals surface area contributed by atoms with Gasteiger partial charge >= 0.3 is 6.36 Å². The second-order valence-electron chi connectivity index (χ2n) is 7.76. The van der Waals surface area contributed by atoms with Crippen LogP contribution >= 0.6 is 0 Å². The van der Waals surface area contributed by atoms with Gasteiger partial charge in [0.25, 0.3) is 5.91 Å². The molecule has 7 nitrogen and oxygen atoms in total. The van der Waals surface area contributed by atoms with Crippen molar-refractivity contribution in [3.05, 3.63) is 66.1 Å². The third-order valence-electron chi connectivity index (χ3n) is 5.12. The van der Waals surface area contributed by atoms with Crippen LogP contribution in [0.25, 0.3) is 11.1 Å². The van der Waals surface area contributed by atoms with Gasteiger partial charge in [0.05, 0.1) is 11.7 Å². The molecular formula is C23H21F3N4O3. The number of nitrogens with one attached hydrogen (secondary N) is 1. The Morgan fingerprint density at radius 1 is 1.18 bits per heavy atom. The van der Waals surface area contributed by atoms with Crippen LogP contribution in [0, 0.1) is 6.92 Å². The number of aromatic nitrogens is 2. The molecule has 3 aromatic rings. The average Bonchev–Trinajstić information content (AvgIpc) is 3.20. The lowest BCUT2D eigenvalue weighted by atomic mass is 10.0. The zero-order valence-electron chi connectivity index (χ0n) is 17.6. The van der Waals surface area contributed by atoms with Gasteiger partial charge in [0.2, 0.25) is 0 Å². The lowest BCUT2D eigenvalue weighted by molar-refractivity contribution is -0.274. The minimum Gasteiger partial charge on any atom is -0.406 e. The zero-order valence-corrected chi connectivity index (χ0v) is 17.6. The maximum atomic E-state index is 12.8. The summed E-state index contributed by atoms with van der Waals surface area (Å²) in [7, 11) is 0. The van der Waals surface area contributed by atoms with Crippen molar-refractivity contribution in [3.8, 4) is 16.9 Å².